The highest BCUT2D eigenvalue weighted by Crippen LogP contribution is 2.31. The highest BCUT2D eigenvalue weighted by Gasteiger charge is 2.33. The van der Waals surface area contributed by atoms with Crippen LogP contribution in [0.2, 0.25) is 0 Å². The lowest BCUT2D eigenvalue weighted by molar-refractivity contribution is 0.559. The Labute approximate surface area is 97.1 Å². The van der Waals surface area contributed by atoms with Crippen molar-refractivity contribution in [1.82, 2.24) is 10.9 Å². The molecule has 0 saturated carbocycles. The molecule has 1 saturated heterocycles. The topological polar surface area (TPSA) is 24.1 Å². The van der Waals surface area contributed by atoms with Gasteiger partial charge in [-0.05, 0) is 18.6 Å². The summed E-state index contributed by atoms with van der Waals surface area (Å²) in [5, 5.41) is 0.0775. The smallest absolute Gasteiger partial charge is 0.0708 e. The van der Waals surface area contributed by atoms with Crippen molar-refractivity contribution in [1.29, 1.82) is 0 Å². The van der Waals surface area contributed by atoms with Crippen LogP contribution in [0.5, 0.6) is 0 Å². The molecule has 3 unspecified atom stereocenters. The predicted octanol–water partition coefficient (Wildman–Crippen LogP) is 2.59. The monoisotopic (exact) mass is 274 g/mol. The summed E-state index contributed by atoms with van der Waals surface area (Å²) in [6, 6.07) is 8.59. The highest BCUT2D eigenvalue weighted by atomic mass is 79.9. The van der Waals surface area contributed by atoms with Crippen LogP contribution in [0.25, 0.3) is 0 Å². The summed E-state index contributed by atoms with van der Waals surface area (Å²) in [6.07, 6.45) is 0. The second kappa shape index (κ2) is 4.19. The van der Waals surface area contributed by atoms with Crippen LogP contribution in [0.1, 0.15) is 18.5 Å². The van der Waals surface area contributed by atoms with Crippen molar-refractivity contribution in [2.45, 2.75) is 24.4 Å². The van der Waals surface area contributed by atoms with Gasteiger partial charge in [0.05, 0.1) is 11.4 Å². The minimum absolute atomic E-state index is 0.0775. The zero-order valence-corrected chi connectivity index (χ0v) is 10.1. The zero-order chi connectivity index (χ0) is 10.1. The molecule has 1 heterocycles. The fraction of sp³-hybridized carbons (Fsp3) is 0.400. The zero-order valence-electron chi connectivity index (χ0n) is 7.80. The molecular formula is C10H12BrClN2. The second-order valence-electron chi connectivity index (χ2n) is 3.52. The summed E-state index contributed by atoms with van der Waals surface area (Å²) in [7, 11) is 0. The van der Waals surface area contributed by atoms with Gasteiger partial charge in [-0.25, -0.2) is 5.43 Å². The van der Waals surface area contributed by atoms with Gasteiger partial charge in [0.2, 0.25) is 0 Å². The van der Waals surface area contributed by atoms with Crippen LogP contribution in [0.4, 0.5) is 0 Å². The molecule has 2 rings (SSSR count). The molecule has 1 aromatic rings. The molecule has 4 heteroatoms. The summed E-state index contributed by atoms with van der Waals surface area (Å²) < 4.78 is 1.10. The standard InChI is InChI=1S/C10H12BrClN2/c1-6-9(12)10(14-13-6)7-4-2-3-5-8(7)11/h2-6,9-10,13-14H,1H3. The Morgan fingerprint density at radius 1 is 1.29 bits per heavy atom. The quantitative estimate of drug-likeness (QED) is 0.770. The maximum Gasteiger partial charge on any atom is 0.0708 e. The van der Waals surface area contributed by atoms with Crippen molar-refractivity contribution in [2.24, 2.45) is 0 Å². The fourth-order valence-corrected chi connectivity index (χ4v) is 2.44. The molecule has 3 atom stereocenters. The third kappa shape index (κ3) is 1.82. The molecule has 0 radical (unpaired) electrons. The van der Waals surface area contributed by atoms with Gasteiger partial charge in [-0.15, -0.1) is 11.6 Å². The lowest BCUT2D eigenvalue weighted by atomic mass is 10.0. The number of benzene rings is 1. The molecule has 1 fully saturated rings. The summed E-state index contributed by atoms with van der Waals surface area (Å²) in [6.45, 7) is 2.07. The molecule has 1 aromatic carbocycles. The van der Waals surface area contributed by atoms with E-state index in [1.54, 1.807) is 0 Å². The molecule has 0 bridgehead atoms. The van der Waals surface area contributed by atoms with E-state index in [1.165, 1.54) is 5.56 Å². The Morgan fingerprint density at radius 3 is 2.57 bits per heavy atom. The molecule has 0 spiro atoms. The Morgan fingerprint density at radius 2 is 2.00 bits per heavy atom. The first-order valence-electron chi connectivity index (χ1n) is 4.59. The lowest BCUT2D eigenvalue weighted by Crippen LogP contribution is -2.29. The van der Waals surface area contributed by atoms with Crippen molar-refractivity contribution >= 4 is 27.5 Å². The van der Waals surface area contributed by atoms with Crippen LogP contribution >= 0.6 is 27.5 Å². The van der Waals surface area contributed by atoms with Crippen molar-refractivity contribution in [3.8, 4) is 0 Å². The Hall–Kier alpha value is -0.0900. The van der Waals surface area contributed by atoms with E-state index in [0.717, 1.165) is 4.47 Å². The Balaban J connectivity index is 2.28. The average Bonchev–Trinajstić information content (AvgIpc) is 2.49. The van der Waals surface area contributed by atoms with E-state index in [9.17, 15) is 0 Å². The lowest BCUT2D eigenvalue weighted by Gasteiger charge is -2.15. The number of alkyl halides is 1. The van der Waals surface area contributed by atoms with Gasteiger partial charge in [-0.1, -0.05) is 34.1 Å². The van der Waals surface area contributed by atoms with Crippen molar-refractivity contribution < 1.29 is 0 Å². The van der Waals surface area contributed by atoms with E-state index in [2.05, 4.69) is 39.8 Å². The van der Waals surface area contributed by atoms with E-state index in [0.29, 0.717) is 0 Å². The van der Waals surface area contributed by atoms with E-state index >= 15 is 0 Å². The number of rotatable bonds is 1. The molecule has 1 aliphatic heterocycles. The normalized spacial score (nSPS) is 32.1. The van der Waals surface area contributed by atoms with Crippen LogP contribution in [-0.2, 0) is 0 Å². The summed E-state index contributed by atoms with van der Waals surface area (Å²) >= 11 is 9.82. The number of nitrogens with one attached hydrogen (secondary N) is 2. The van der Waals surface area contributed by atoms with Gasteiger partial charge in [-0.2, -0.15) is 0 Å². The second-order valence-corrected chi connectivity index (χ2v) is 4.88. The molecule has 76 valence electrons. The molecule has 0 aliphatic carbocycles. The van der Waals surface area contributed by atoms with Crippen molar-refractivity contribution in [3.05, 3.63) is 34.3 Å². The van der Waals surface area contributed by atoms with Gasteiger partial charge in [-0.3, -0.25) is 5.43 Å². The average molecular weight is 276 g/mol. The minimum Gasteiger partial charge on any atom is -0.253 e. The molecule has 2 N–H and O–H groups in total. The molecule has 14 heavy (non-hydrogen) atoms. The predicted molar refractivity (Wildman–Crippen MR) is 62.3 cm³/mol. The van der Waals surface area contributed by atoms with Gasteiger partial charge in [0.25, 0.3) is 0 Å². The summed E-state index contributed by atoms with van der Waals surface area (Å²) in [5.74, 6) is 0. The highest BCUT2D eigenvalue weighted by molar-refractivity contribution is 9.10. The van der Waals surface area contributed by atoms with Gasteiger partial charge in [0.1, 0.15) is 0 Å². The van der Waals surface area contributed by atoms with E-state index < -0.39 is 0 Å². The van der Waals surface area contributed by atoms with Gasteiger partial charge in [0.15, 0.2) is 0 Å². The third-order valence-corrected chi connectivity index (χ3v) is 3.85. The first kappa shape index (κ1) is 10.4. The SMILES string of the molecule is CC1NNC(c2ccccc2Br)C1Cl. The van der Waals surface area contributed by atoms with E-state index in [4.69, 9.17) is 11.6 Å². The maximum absolute atomic E-state index is 6.29. The Kier molecular flexibility index (Phi) is 3.12. The van der Waals surface area contributed by atoms with Crippen LogP contribution in [0, 0.1) is 0 Å². The molecule has 1 aliphatic rings. The van der Waals surface area contributed by atoms with Crippen molar-refractivity contribution in [2.75, 3.05) is 0 Å². The first-order valence-corrected chi connectivity index (χ1v) is 5.82. The van der Waals surface area contributed by atoms with Gasteiger partial charge >= 0.3 is 0 Å². The minimum atomic E-state index is 0.0775. The van der Waals surface area contributed by atoms with E-state index in [1.807, 2.05) is 18.2 Å². The molecule has 0 amide bonds. The first-order chi connectivity index (χ1) is 6.70. The van der Waals surface area contributed by atoms with Crippen LogP contribution in [0.15, 0.2) is 28.7 Å². The van der Waals surface area contributed by atoms with Crippen LogP contribution in [-0.4, -0.2) is 11.4 Å². The fourth-order valence-electron chi connectivity index (χ4n) is 1.65. The molecular weight excluding hydrogens is 263 g/mol. The van der Waals surface area contributed by atoms with Gasteiger partial charge in [0, 0.05) is 10.5 Å². The Bertz CT molecular complexity index is 332. The van der Waals surface area contributed by atoms with Gasteiger partial charge < -0.3 is 0 Å². The number of hydrazine groups is 1. The van der Waals surface area contributed by atoms with Crippen molar-refractivity contribution in [3.63, 3.8) is 0 Å². The number of hydrogen-bond acceptors (Lipinski definition) is 2. The summed E-state index contributed by atoms with van der Waals surface area (Å²) in [5.41, 5.74) is 7.54. The van der Waals surface area contributed by atoms with E-state index in [-0.39, 0.29) is 17.5 Å². The summed E-state index contributed by atoms with van der Waals surface area (Å²) in [4.78, 5) is 0. The maximum atomic E-state index is 6.29. The van der Waals surface area contributed by atoms with Crippen LogP contribution in [0.3, 0.4) is 0 Å². The number of hydrogen-bond donors (Lipinski definition) is 2. The van der Waals surface area contributed by atoms with Crippen LogP contribution < -0.4 is 10.9 Å². The largest absolute Gasteiger partial charge is 0.253 e. The molecule has 2 nitrogen and oxygen atoms in total. The number of halogens is 2. The molecule has 0 aromatic heterocycles. The third-order valence-electron chi connectivity index (χ3n) is 2.50.